The maximum absolute atomic E-state index is 3.47. The van der Waals surface area contributed by atoms with E-state index in [1.54, 1.807) is 0 Å². The number of benzene rings is 1. The van der Waals surface area contributed by atoms with Crippen LogP contribution < -0.4 is 5.32 Å². The van der Waals surface area contributed by atoms with Crippen molar-refractivity contribution in [1.29, 1.82) is 0 Å². The molecule has 0 heterocycles. The molecule has 1 fully saturated rings. The maximum atomic E-state index is 3.47. The summed E-state index contributed by atoms with van der Waals surface area (Å²) in [6.07, 6.45) is 2.67. The predicted octanol–water partition coefficient (Wildman–Crippen LogP) is 3.09. The molecule has 0 atom stereocenters. The zero-order valence-electron chi connectivity index (χ0n) is 8.52. The van der Waals surface area contributed by atoms with Gasteiger partial charge in [-0.25, -0.2) is 0 Å². The molecular weight excluding hydrogens is 238 g/mol. The van der Waals surface area contributed by atoms with E-state index in [-0.39, 0.29) is 0 Å². The number of nitrogens with one attached hydrogen (secondary N) is 1. The third kappa shape index (κ3) is 2.01. The first-order chi connectivity index (χ1) is 6.77. The van der Waals surface area contributed by atoms with E-state index in [1.165, 1.54) is 22.9 Å². The lowest BCUT2D eigenvalue weighted by molar-refractivity contribution is 0.590. The second-order valence-corrected chi connectivity index (χ2v) is 4.98. The molecule has 1 aromatic carbocycles. The Labute approximate surface area is 94.0 Å². The van der Waals surface area contributed by atoms with Crippen molar-refractivity contribution in [3.63, 3.8) is 0 Å². The van der Waals surface area contributed by atoms with Crippen LogP contribution >= 0.6 is 15.9 Å². The Kier molecular flexibility index (Phi) is 2.93. The van der Waals surface area contributed by atoms with Gasteiger partial charge in [-0.2, -0.15) is 0 Å². The van der Waals surface area contributed by atoms with Crippen molar-refractivity contribution in [1.82, 2.24) is 5.32 Å². The Morgan fingerprint density at radius 2 is 1.93 bits per heavy atom. The van der Waals surface area contributed by atoms with Gasteiger partial charge in [0, 0.05) is 16.4 Å². The average Bonchev–Trinajstić information content (AvgIpc) is 2.97. The Morgan fingerprint density at radius 3 is 2.43 bits per heavy atom. The van der Waals surface area contributed by atoms with Crippen molar-refractivity contribution in [2.24, 2.45) is 0 Å². The first-order valence-electron chi connectivity index (χ1n) is 5.24. The summed E-state index contributed by atoms with van der Waals surface area (Å²) in [6, 6.07) is 8.77. The smallest absolute Gasteiger partial charge is 0.0175 e. The molecule has 1 nitrogen and oxygen atoms in total. The first-order valence-corrected chi connectivity index (χ1v) is 6.03. The molecule has 0 amide bonds. The van der Waals surface area contributed by atoms with Gasteiger partial charge in [-0.05, 0) is 37.1 Å². The third-order valence-electron chi connectivity index (χ3n) is 3.02. The molecule has 1 saturated carbocycles. The second-order valence-electron chi connectivity index (χ2n) is 4.07. The fourth-order valence-corrected chi connectivity index (χ4v) is 2.15. The van der Waals surface area contributed by atoms with E-state index in [2.05, 4.69) is 52.4 Å². The third-order valence-corrected chi connectivity index (χ3v) is 3.55. The highest BCUT2D eigenvalue weighted by Crippen LogP contribution is 2.47. The van der Waals surface area contributed by atoms with Gasteiger partial charge in [-0.3, -0.25) is 0 Å². The minimum absolute atomic E-state index is 0.455. The summed E-state index contributed by atoms with van der Waals surface area (Å²) < 4.78 is 1.17. The number of likely N-dealkylation sites (N-methyl/N-ethyl adjacent to an activating group) is 1. The van der Waals surface area contributed by atoms with Crippen LogP contribution in [0.4, 0.5) is 0 Å². The Hall–Kier alpha value is -0.340. The summed E-state index contributed by atoms with van der Waals surface area (Å²) in [5.74, 6) is 0. The molecule has 76 valence electrons. The quantitative estimate of drug-likeness (QED) is 0.870. The molecule has 1 N–H and O–H groups in total. The van der Waals surface area contributed by atoms with E-state index < -0.39 is 0 Å². The van der Waals surface area contributed by atoms with Gasteiger partial charge >= 0.3 is 0 Å². The normalized spacial score (nSPS) is 18.1. The van der Waals surface area contributed by atoms with Crippen LogP contribution in [0.2, 0.25) is 0 Å². The molecule has 0 spiro atoms. The highest BCUT2D eigenvalue weighted by atomic mass is 79.9. The van der Waals surface area contributed by atoms with Crippen molar-refractivity contribution in [3.8, 4) is 0 Å². The molecule has 2 heteroatoms. The molecule has 1 aliphatic rings. The van der Waals surface area contributed by atoms with Crippen molar-refractivity contribution >= 4 is 15.9 Å². The van der Waals surface area contributed by atoms with Gasteiger partial charge in [0.2, 0.25) is 0 Å². The fraction of sp³-hybridized carbons (Fsp3) is 0.500. The molecule has 0 bridgehead atoms. The summed E-state index contributed by atoms with van der Waals surface area (Å²) in [6.45, 7) is 4.36. The van der Waals surface area contributed by atoms with Crippen LogP contribution in [0.3, 0.4) is 0 Å². The number of rotatable bonds is 4. The highest BCUT2D eigenvalue weighted by molar-refractivity contribution is 9.10. The first kappa shape index (κ1) is 10.2. The molecule has 0 aromatic heterocycles. The van der Waals surface area contributed by atoms with E-state index in [4.69, 9.17) is 0 Å². The topological polar surface area (TPSA) is 12.0 Å². The molecule has 2 rings (SSSR count). The van der Waals surface area contributed by atoms with Gasteiger partial charge in [0.1, 0.15) is 0 Å². The minimum Gasteiger partial charge on any atom is -0.316 e. The van der Waals surface area contributed by atoms with Gasteiger partial charge in [0.05, 0.1) is 0 Å². The minimum atomic E-state index is 0.455. The van der Waals surface area contributed by atoms with E-state index in [9.17, 15) is 0 Å². The SMILES string of the molecule is CCNCC1(c2ccc(Br)cc2)CC1. The summed E-state index contributed by atoms with van der Waals surface area (Å²) in [5.41, 5.74) is 1.94. The predicted molar refractivity (Wildman–Crippen MR) is 63.6 cm³/mol. The zero-order chi connectivity index (χ0) is 10.0. The summed E-state index contributed by atoms with van der Waals surface area (Å²) in [7, 11) is 0. The van der Waals surface area contributed by atoms with Crippen molar-refractivity contribution < 1.29 is 0 Å². The number of halogens is 1. The molecule has 0 unspecified atom stereocenters. The number of hydrogen-bond donors (Lipinski definition) is 1. The van der Waals surface area contributed by atoms with Crippen molar-refractivity contribution in [2.75, 3.05) is 13.1 Å². The number of hydrogen-bond acceptors (Lipinski definition) is 1. The highest BCUT2D eigenvalue weighted by Gasteiger charge is 2.43. The summed E-state index contributed by atoms with van der Waals surface area (Å²) >= 11 is 3.47. The van der Waals surface area contributed by atoms with Crippen LogP contribution in [0, 0.1) is 0 Å². The van der Waals surface area contributed by atoms with Gasteiger partial charge < -0.3 is 5.32 Å². The maximum Gasteiger partial charge on any atom is 0.0175 e. The van der Waals surface area contributed by atoms with Crippen LogP contribution in [-0.2, 0) is 5.41 Å². The Bertz CT molecular complexity index is 301. The lowest BCUT2D eigenvalue weighted by atomic mass is 9.96. The summed E-state index contributed by atoms with van der Waals surface area (Å²) in [5, 5.41) is 3.45. The standard InChI is InChI=1S/C12H16BrN/c1-2-14-9-12(7-8-12)10-3-5-11(13)6-4-10/h3-6,14H,2,7-9H2,1H3. The molecule has 14 heavy (non-hydrogen) atoms. The molecule has 0 saturated heterocycles. The molecule has 1 aliphatic carbocycles. The van der Waals surface area contributed by atoms with Crippen LogP contribution in [-0.4, -0.2) is 13.1 Å². The van der Waals surface area contributed by atoms with Gasteiger partial charge in [0.25, 0.3) is 0 Å². The molecule has 0 aliphatic heterocycles. The van der Waals surface area contributed by atoms with Crippen LogP contribution in [0.15, 0.2) is 28.7 Å². The van der Waals surface area contributed by atoms with E-state index in [0.717, 1.165) is 13.1 Å². The lowest BCUT2D eigenvalue weighted by Gasteiger charge is -2.15. The van der Waals surface area contributed by atoms with Crippen LogP contribution in [0.5, 0.6) is 0 Å². The van der Waals surface area contributed by atoms with Crippen LogP contribution in [0.25, 0.3) is 0 Å². The largest absolute Gasteiger partial charge is 0.316 e. The second kappa shape index (κ2) is 4.03. The van der Waals surface area contributed by atoms with Crippen LogP contribution in [0.1, 0.15) is 25.3 Å². The van der Waals surface area contributed by atoms with Crippen molar-refractivity contribution in [3.05, 3.63) is 34.3 Å². The van der Waals surface area contributed by atoms with E-state index in [1.807, 2.05) is 0 Å². The Balaban J connectivity index is 2.10. The fourth-order valence-electron chi connectivity index (χ4n) is 1.89. The van der Waals surface area contributed by atoms with Crippen molar-refractivity contribution in [2.45, 2.75) is 25.2 Å². The van der Waals surface area contributed by atoms with E-state index in [0.29, 0.717) is 5.41 Å². The van der Waals surface area contributed by atoms with Gasteiger partial charge in [-0.15, -0.1) is 0 Å². The lowest BCUT2D eigenvalue weighted by Crippen LogP contribution is -2.26. The van der Waals surface area contributed by atoms with E-state index >= 15 is 0 Å². The van der Waals surface area contributed by atoms with Gasteiger partial charge in [-0.1, -0.05) is 35.0 Å². The molecular formula is C12H16BrN. The van der Waals surface area contributed by atoms with Gasteiger partial charge in [0.15, 0.2) is 0 Å². The zero-order valence-corrected chi connectivity index (χ0v) is 10.1. The molecule has 1 aromatic rings. The monoisotopic (exact) mass is 253 g/mol. The molecule has 0 radical (unpaired) electrons. The average molecular weight is 254 g/mol. The summed E-state index contributed by atoms with van der Waals surface area (Å²) in [4.78, 5) is 0. The Morgan fingerprint density at radius 1 is 1.29 bits per heavy atom.